The summed E-state index contributed by atoms with van der Waals surface area (Å²) in [6.07, 6.45) is 14.4. The van der Waals surface area contributed by atoms with Crippen LogP contribution in [0.2, 0.25) is 0 Å². The zero-order chi connectivity index (χ0) is 23.4. The Morgan fingerprint density at radius 3 is 2.38 bits per heavy atom. The van der Waals surface area contributed by atoms with Gasteiger partial charge < -0.3 is 11.1 Å². The van der Waals surface area contributed by atoms with E-state index in [1.807, 2.05) is 0 Å². The molecule has 3 heteroatoms. The molecule has 3 unspecified atom stereocenters. The Kier molecular flexibility index (Phi) is 7.20. The minimum Gasteiger partial charge on any atom is -0.353 e. The number of fused-ring (bicyclic) bond motifs is 2. The molecule has 0 aromatic heterocycles. The second-order valence-electron chi connectivity index (χ2n) is 11.1. The normalized spacial score (nSPS) is 32.3. The predicted molar refractivity (Wildman–Crippen MR) is 140 cm³/mol. The van der Waals surface area contributed by atoms with Gasteiger partial charge in [-0.2, -0.15) is 0 Å². The van der Waals surface area contributed by atoms with Crippen molar-refractivity contribution in [2.45, 2.75) is 88.1 Å². The quantitative estimate of drug-likeness (QED) is 0.529. The fourth-order valence-corrected chi connectivity index (χ4v) is 7.04. The van der Waals surface area contributed by atoms with Gasteiger partial charge in [0.2, 0.25) is 5.91 Å². The van der Waals surface area contributed by atoms with E-state index < -0.39 is 0 Å². The lowest BCUT2D eigenvalue weighted by Crippen LogP contribution is -2.43. The summed E-state index contributed by atoms with van der Waals surface area (Å²) in [5.41, 5.74) is 10.7. The van der Waals surface area contributed by atoms with Crippen molar-refractivity contribution in [1.82, 2.24) is 5.32 Å². The number of carbonyl (C=O) groups excluding carboxylic acids is 1. The monoisotopic (exact) mass is 456 g/mol. The first-order valence-electron chi connectivity index (χ1n) is 13.5. The average Bonchev–Trinajstić information content (AvgIpc) is 2.87. The first kappa shape index (κ1) is 23.4. The third kappa shape index (κ3) is 5.30. The van der Waals surface area contributed by atoms with Crippen LogP contribution in [0.5, 0.6) is 0 Å². The van der Waals surface area contributed by atoms with E-state index in [0.717, 1.165) is 38.5 Å². The Bertz CT molecular complexity index is 977. The summed E-state index contributed by atoms with van der Waals surface area (Å²) < 4.78 is 0. The molecule has 34 heavy (non-hydrogen) atoms. The zero-order valence-corrected chi connectivity index (χ0v) is 20.4. The number of rotatable bonds is 6. The van der Waals surface area contributed by atoms with Crippen molar-refractivity contribution in [2.75, 3.05) is 0 Å². The molecule has 3 N–H and O–H groups in total. The number of nitrogens with two attached hydrogens (primary N) is 1. The Balaban J connectivity index is 1.35. The molecule has 0 aliphatic heterocycles. The van der Waals surface area contributed by atoms with Gasteiger partial charge in [-0.05, 0) is 86.2 Å². The molecule has 5 rings (SSSR count). The van der Waals surface area contributed by atoms with Crippen LogP contribution in [-0.4, -0.2) is 18.0 Å². The molecule has 2 aromatic carbocycles. The van der Waals surface area contributed by atoms with Gasteiger partial charge in [0, 0.05) is 18.5 Å². The molecular weight excluding hydrogens is 416 g/mol. The summed E-state index contributed by atoms with van der Waals surface area (Å²) in [6, 6.07) is 22.6. The Morgan fingerprint density at radius 2 is 1.65 bits per heavy atom. The summed E-state index contributed by atoms with van der Waals surface area (Å²) in [4.78, 5) is 12.9. The standard InChI is InChI=1S/C31H40N2O/c32-27-14-16-28(17-15-27)33-30(34)18-13-25-22-31(26-11-5-2-6-12-26)19-7-10-24(21-31)29(25)20-23-8-3-1-4-9-23/h1-6,8-9,11-12,20,24-25,27-28H,7,10,13-19,21-22,32H2,(H,33,34)/b29-20+. The van der Waals surface area contributed by atoms with Gasteiger partial charge in [-0.15, -0.1) is 0 Å². The van der Waals surface area contributed by atoms with E-state index in [1.54, 1.807) is 5.57 Å². The van der Waals surface area contributed by atoms with Crippen LogP contribution < -0.4 is 11.1 Å². The van der Waals surface area contributed by atoms with Crippen LogP contribution in [0.1, 0.15) is 81.8 Å². The minimum absolute atomic E-state index is 0.226. The highest BCUT2D eigenvalue weighted by molar-refractivity contribution is 5.76. The van der Waals surface area contributed by atoms with Gasteiger partial charge in [0.05, 0.1) is 0 Å². The van der Waals surface area contributed by atoms with Crippen molar-refractivity contribution >= 4 is 12.0 Å². The molecule has 3 fully saturated rings. The van der Waals surface area contributed by atoms with E-state index in [9.17, 15) is 4.79 Å². The number of benzene rings is 2. The fourth-order valence-electron chi connectivity index (χ4n) is 7.04. The predicted octanol–water partition coefficient (Wildman–Crippen LogP) is 6.38. The van der Waals surface area contributed by atoms with Crippen molar-refractivity contribution in [1.29, 1.82) is 0 Å². The van der Waals surface area contributed by atoms with Crippen molar-refractivity contribution in [3.05, 3.63) is 77.4 Å². The van der Waals surface area contributed by atoms with E-state index in [4.69, 9.17) is 5.73 Å². The van der Waals surface area contributed by atoms with E-state index in [-0.39, 0.29) is 11.3 Å². The molecule has 3 saturated carbocycles. The minimum atomic E-state index is 0.226. The lowest BCUT2D eigenvalue weighted by atomic mass is 9.54. The number of hydrogen-bond acceptors (Lipinski definition) is 2. The molecule has 3 aliphatic carbocycles. The summed E-state index contributed by atoms with van der Waals surface area (Å²) >= 11 is 0. The van der Waals surface area contributed by atoms with Crippen LogP contribution in [0.15, 0.2) is 66.2 Å². The third-order valence-electron chi connectivity index (χ3n) is 8.80. The van der Waals surface area contributed by atoms with Crippen molar-refractivity contribution in [3.8, 4) is 0 Å². The molecular formula is C31H40N2O. The number of allylic oxidation sites excluding steroid dienone is 1. The van der Waals surface area contributed by atoms with Crippen molar-refractivity contribution in [3.63, 3.8) is 0 Å². The molecule has 0 radical (unpaired) electrons. The van der Waals surface area contributed by atoms with E-state index in [2.05, 4.69) is 72.1 Å². The molecule has 0 saturated heterocycles. The second-order valence-corrected chi connectivity index (χ2v) is 11.1. The number of amides is 1. The largest absolute Gasteiger partial charge is 0.353 e. The van der Waals surface area contributed by atoms with Gasteiger partial charge in [0.1, 0.15) is 0 Å². The molecule has 180 valence electrons. The molecule has 2 aromatic rings. The SMILES string of the molecule is NC1CCC(NC(=O)CCC2CC3(c4ccccc4)CCCC(C3)/C2=C\c2ccccc2)CC1. The first-order chi connectivity index (χ1) is 16.6. The van der Waals surface area contributed by atoms with Crippen molar-refractivity contribution in [2.24, 2.45) is 17.6 Å². The van der Waals surface area contributed by atoms with E-state index in [1.165, 1.54) is 36.8 Å². The highest BCUT2D eigenvalue weighted by atomic mass is 16.1. The summed E-state index contributed by atoms with van der Waals surface area (Å²) in [7, 11) is 0. The molecule has 0 heterocycles. The number of nitrogens with one attached hydrogen (secondary N) is 1. The maximum atomic E-state index is 12.9. The lowest BCUT2D eigenvalue weighted by Gasteiger charge is -2.50. The van der Waals surface area contributed by atoms with Crippen LogP contribution >= 0.6 is 0 Å². The summed E-state index contributed by atoms with van der Waals surface area (Å²) in [5.74, 6) is 1.31. The van der Waals surface area contributed by atoms with Gasteiger partial charge in [-0.25, -0.2) is 0 Å². The van der Waals surface area contributed by atoms with Crippen LogP contribution in [0.4, 0.5) is 0 Å². The molecule has 0 spiro atoms. The third-order valence-corrected chi connectivity index (χ3v) is 8.80. The van der Waals surface area contributed by atoms with Crippen molar-refractivity contribution < 1.29 is 4.79 Å². The molecule has 3 nitrogen and oxygen atoms in total. The summed E-state index contributed by atoms with van der Waals surface area (Å²) in [6.45, 7) is 0. The summed E-state index contributed by atoms with van der Waals surface area (Å²) in [5, 5.41) is 3.32. The second kappa shape index (κ2) is 10.5. The van der Waals surface area contributed by atoms with Gasteiger partial charge in [0.15, 0.2) is 0 Å². The van der Waals surface area contributed by atoms with Gasteiger partial charge in [-0.3, -0.25) is 4.79 Å². The van der Waals surface area contributed by atoms with Crippen LogP contribution in [0.25, 0.3) is 6.08 Å². The molecule has 1 amide bonds. The molecule has 2 bridgehead atoms. The zero-order valence-electron chi connectivity index (χ0n) is 20.4. The highest BCUT2D eigenvalue weighted by Crippen LogP contribution is 2.55. The van der Waals surface area contributed by atoms with Crippen LogP contribution in [-0.2, 0) is 10.2 Å². The van der Waals surface area contributed by atoms with Gasteiger partial charge in [0.25, 0.3) is 0 Å². The topological polar surface area (TPSA) is 55.1 Å². The Hall–Kier alpha value is -2.39. The van der Waals surface area contributed by atoms with E-state index >= 15 is 0 Å². The number of hydrogen-bond donors (Lipinski definition) is 2. The smallest absolute Gasteiger partial charge is 0.220 e. The maximum Gasteiger partial charge on any atom is 0.220 e. The lowest BCUT2D eigenvalue weighted by molar-refractivity contribution is -0.122. The Labute approximate surface area is 205 Å². The average molecular weight is 457 g/mol. The fraction of sp³-hybridized carbons (Fsp3) is 0.516. The van der Waals surface area contributed by atoms with Gasteiger partial charge >= 0.3 is 0 Å². The molecule has 3 aliphatic rings. The van der Waals surface area contributed by atoms with E-state index in [0.29, 0.717) is 30.3 Å². The Morgan fingerprint density at radius 1 is 0.941 bits per heavy atom. The molecule has 3 atom stereocenters. The highest BCUT2D eigenvalue weighted by Gasteiger charge is 2.46. The van der Waals surface area contributed by atoms with Gasteiger partial charge in [-0.1, -0.05) is 78.7 Å². The first-order valence-corrected chi connectivity index (χ1v) is 13.5. The van der Waals surface area contributed by atoms with Crippen LogP contribution in [0, 0.1) is 11.8 Å². The van der Waals surface area contributed by atoms with Crippen LogP contribution in [0.3, 0.4) is 0 Å². The maximum absolute atomic E-state index is 12.9. The number of carbonyl (C=O) groups is 1.